The normalized spacial score (nSPS) is 10.9. The zero-order chi connectivity index (χ0) is 9.59. The number of hydrogen-bond donors (Lipinski definition) is 2. The molecule has 0 aliphatic heterocycles. The van der Waals surface area contributed by atoms with Gasteiger partial charge in [-0.3, -0.25) is 9.48 Å². The molecule has 0 aromatic carbocycles. The van der Waals surface area contributed by atoms with Crippen LogP contribution >= 0.6 is 0 Å². The number of fused-ring (bicyclic) bond motifs is 1. The van der Waals surface area contributed by atoms with Crippen LogP contribution in [0.3, 0.4) is 0 Å². The largest absolute Gasteiger partial charge is 0.394 e. The fraction of sp³-hybridized carbons (Fsp3) is 0.250. The number of H-pyrrole nitrogens is 1. The lowest BCUT2D eigenvalue weighted by molar-refractivity contribution is 0.774. The molecule has 0 saturated carbocycles. The van der Waals surface area contributed by atoms with Crippen molar-refractivity contribution >= 4 is 16.7 Å². The predicted molar refractivity (Wildman–Crippen MR) is 50.5 cm³/mol. The van der Waals surface area contributed by atoms with Gasteiger partial charge in [0.25, 0.3) is 0 Å². The number of pyridine rings is 1. The van der Waals surface area contributed by atoms with Crippen molar-refractivity contribution in [2.45, 2.75) is 6.92 Å². The Labute approximate surface area is 74.2 Å². The Morgan fingerprint density at radius 2 is 2.31 bits per heavy atom. The van der Waals surface area contributed by atoms with Gasteiger partial charge in [0.15, 0.2) is 0 Å². The molecular weight excluding hydrogens is 168 g/mol. The van der Waals surface area contributed by atoms with E-state index in [0.717, 1.165) is 0 Å². The molecule has 68 valence electrons. The number of nitrogens with zero attached hydrogens (tertiary/aromatic N) is 2. The van der Waals surface area contributed by atoms with Gasteiger partial charge in [-0.05, 0) is 6.92 Å². The Bertz CT molecular complexity index is 523. The molecule has 2 heterocycles. The topological polar surface area (TPSA) is 76.7 Å². The Morgan fingerprint density at radius 3 is 3.00 bits per heavy atom. The van der Waals surface area contributed by atoms with E-state index >= 15 is 0 Å². The second-order valence-electron chi connectivity index (χ2n) is 3.01. The minimum Gasteiger partial charge on any atom is -0.394 e. The van der Waals surface area contributed by atoms with Gasteiger partial charge in [0, 0.05) is 13.2 Å². The summed E-state index contributed by atoms with van der Waals surface area (Å²) in [5.74, 6) is 0. The molecule has 0 aliphatic rings. The lowest BCUT2D eigenvalue weighted by Gasteiger charge is -1.94. The van der Waals surface area contributed by atoms with Gasteiger partial charge in [-0.1, -0.05) is 0 Å². The molecule has 2 rings (SSSR count). The highest BCUT2D eigenvalue weighted by atomic mass is 16.1. The molecule has 0 amide bonds. The van der Waals surface area contributed by atoms with Crippen LogP contribution in [0.4, 0.5) is 5.69 Å². The third-order valence-electron chi connectivity index (χ3n) is 2.08. The van der Waals surface area contributed by atoms with E-state index in [1.165, 1.54) is 6.20 Å². The van der Waals surface area contributed by atoms with E-state index in [0.29, 0.717) is 16.7 Å². The highest BCUT2D eigenvalue weighted by molar-refractivity contribution is 5.80. The first-order chi connectivity index (χ1) is 6.11. The van der Waals surface area contributed by atoms with Crippen LogP contribution in [0.1, 0.15) is 5.69 Å². The number of nitrogens with one attached hydrogen (secondary N) is 1. The van der Waals surface area contributed by atoms with Crippen LogP contribution in [-0.4, -0.2) is 14.8 Å². The zero-order valence-electron chi connectivity index (χ0n) is 7.46. The van der Waals surface area contributed by atoms with Crippen molar-refractivity contribution < 1.29 is 0 Å². The summed E-state index contributed by atoms with van der Waals surface area (Å²) < 4.78 is 1.63. The SMILES string of the molecule is Cc1nn(C)c2[nH]cc(N)c(=O)c12. The van der Waals surface area contributed by atoms with Crippen molar-refractivity contribution in [1.82, 2.24) is 14.8 Å². The fourth-order valence-corrected chi connectivity index (χ4v) is 1.45. The summed E-state index contributed by atoms with van der Waals surface area (Å²) in [5, 5.41) is 4.69. The van der Waals surface area contributed by atoms with Gasteiger partial charge in [0.05, 0.1) is 16.8 Å². The quantitative estimate of drug-likeness (QED) is 0.603. The van der Waals surface area contributed by atoms with E-state index in [4.69, 9.17) is 5.73 Å². The molecule has 13 heavy (non-hydrogen) atoms. The van der Waals surface area contributed by atoms with Crippen molar-refractivity contribution in [2.24, 2.45) is 7.05 Å². The first-order valence-electron chi connectivity index (χ1n) is 3.91. The van der Waals surface area contributed by atoms with E-state index in [9.17, 15) is 4.79 Å². The van der Waals surface area contributed by atoms with Crippen LogP contribution in [0.2, 0.25) is 0 Å². The molecule has 3 N–H and O–H groups in total. The average molecular weight is 178 g/mol. The highest BCUT2D eigenvalue weighted by Gasteiger charge is 2.09. The summed E-state index contributed by atoms with van der Waals surface area (Å²) in [6.07, 6.45) is 1.49. The number of rotatable bonds is 0. The van der Waals surface area contributed by atoms with Gasteiger partial charge in [0.1, 0.15) is 5.65 Å². The van der Waals surface area contributed by atoms with Crippen molar-refractivity contribution in [2.75, 3.05) is 5.73 Å². The minimum absolute atomic E-state index is 0.153. The summed E-state index contributed by atoms with van der Waals surface area (Å²) in [5.41, 5.74) is 6.96. The van der Waals surface area contributed by atoms with Crippen molar-refractivity contribution in [3.8, 4) is 0 Å². The van der Waals surface area contributed by atoms with Crippen LogP contribution < -0.4 is 11.2 Å². The van der Waals surface area contributed by atoms with Crippen LogP contribution in [0.15, 0.2) is 11.0 Å². The van der Waals surface area contributed by atoms with Gasteiger partial charge < -0.3 is 10.7 Å². The lowest BCUT2D eigenvalue weighted by atomic mass is 10.2. The third kappa shape index (κ3) is 0.932. The second kappa shape index (κ2) is 2.35. The van der Waals surface area contributed by atoms with Gasteiger partial charge in [-0.2, -0.15) is 5.10 Å². The van der Waals surface area contributed by atoms with E-state index < -0.39 is 0 Å². The molecule has 0 atom stereocenters. The minimum atomic E-state index is -0.153. The number of nitrogens with two attached hydrogens (primary N) is 1. The molecule has 2 aromatic rings. The standard InChI is InChI=1S/C8H10N4O/c1-4-6-7(13)5(9)3-10-8(6)12(2)11-4/h3H,9H2,1-2H3,(H,10,13). The van der Waals surface area contributed by atoms with Crippen LogP contribution in [0.5, 0.6) is 0 Å². The number of aromatic nitrogens is 3. The summed E-state index contributed by atoms with van der Waals surface area (Å²) in [4.78, 5) is 14.5. The molecule has 0 aliphatic carbocycles. The summed E-state index contributed by atoms with van der Waals surface area (Å²) in [6, 6.07) is 0. The first-order valence-corrected chi connectivity index (χ1v) is 3.91. The zero-order valence-corrected chi connectivity index (χ0v) is 7.46. The molecule has 0 radical (unpaired) electrons. The van der Waals surface area contributed by atoms with Crippen LogP contribution in [-0.2, 0) is 7.05 Å². The van der Waals surface area contributed by atoms with E-state index in [2.05, 4.69) is 10.1 Å². The number of anilines is 1. The molecule has 5 heteroatoms. The summed E-state index contributed by atoms with van der Waals surface area (Å²) >= 11 is 0. The maximum Gasteiger partial charge on any atom is 0.215 e. The first kappa shape index (κ1) is 7.85. The highest BCUT2D eigenvalue weighted by Crippen LogP contribution is 2.11. The molecular formula is C8H10N4O. The maximum absolute atomic E-state index is 11.6. The Balaban J connectivity index is 3.08. The monoisotopic (exact) mass is 178 g/mol. The maximum atomic E-state index is 11.6. The number of hydrogen-bond acceptors (Lipinski definition) is 3. The van der Waals surface area contributed by atoms with Crippen molar-refractivity contribution in [3.05, 3.63) is 22.1 Å². The second-order valence-corrected chi connectivity index (χ2v) is 3.01. The van der Waals surface area contributed by atoms with Crippen molar-refractivity contribution in [3.63, 3.8) is 0 Å². The molecule has 0 bridgehead atoms. The predicted octanol–water partition coefficient (Wildman–Crippen LogP) is 0.152. The van der Waals surface area contributed by atoms with Crippen molar-refractivity contribution in [1.29, 1.82) is 0 Å². The summed E-state index contributed by atoms with van der Waals surface area (Å²) in [6.45, 7) is 1.79. The molecule has 0 spiro atoms. The van der Waals surface area contributed by atoms with E-state index in [1.54, 1.807) is 18.7 Å². The fourth-order valence-electron chi connectivity index (χ4n) is 1.45. The van der Waals surface area contributed by atoms with Gasteiger partial charge in [-0.25, -0.2) is 0 Å². The van der Waals surface area contributed by atoms with Crippen LogP contribution in [0, 0.1) is 6.92 Å². The molecule has 0 unspecified atom stereocenters. The van der Waals surface area contributed by atoms with E-state index in [1.807, 2.05) is 0 Å². The van der Waals surface area contributed by atoms with Crippen LogP contribution in [0.25, 0.3) is 11.0 Å². The molecule has 2 aromatic heterocycles. The Hall–Kier alpha value is -1.78. The Kier molecular flexibility index (Phi) is 1.42. The Morgan fingerprint density at radius 1 is 1.62 bits per heavy atom. The summed E-state index contributed by atoms with van der Waals surface area (Å²) in [7, 11) is 1.78. The average Bonchev–Trinajstić information content (AvgIpc) is 2.35. The van der Waals surface area contributed by atoms with E-state index in [-0.39, 0.29) is 11.1 Å². The van der Waals surface area contributed by atoms with Gasteiger partial charge in [0.2, 0.25) is 5.43 Å². The van der Waals surface area contributed by atoms with Gasteiger partial charge in [-0.15, -0.1) is 0 Å². The number of aromatic amines is 1. The number of aryl methyl sites for hydroxylation is 2. The molecule has 0 fully saturated rings. The molecule has 5 nitrogen and oxygen atoms in total. The smallest absolute Gasteiger partial charge is 0.215 e. The third-order valence-corrected chi connectivity index (χ3v) is 2.08. The molecule has 0 saturated heterocycles. The number of nitrogen functional groups attached to an aromatic ring is 1. The van der Waals surface area contributed by atoms with Gasteiger partial charge >= 0.3 is 0 Å². The lowest BCUT2D eigenvalue weighted by Crippen LogP contribution is -2.09.